The monoisotopic (exact) mass is 321 g/mol. The van der Waals surface area contributed by atoms with Crippen molar-refractivity contribution in [3.05, 3.63) is 36.2 Å². The van der Waals surface area contributed by atoms with Crippen LogP contribution in [0.4, 0.5) is 4.39 Å². The first-order valence-electron chi connectivity index (χ1n) is 6.69. The second-order valence-electron chi connectivity index (χ2n) is 5.31. The highest BCUT2D eigenvalue weighted by molar-refractivity contribution is 5.88. The molecule has 0 aliphatic heterocycles. The lowest BCUT2D eigenvalue weighted by atomic mass is 9.77. The van der Waals surface area contributed by atoms with Crippen molar-refractivity contribution in [3.63, 3.8) is 0 Å². The first kappa shape index (κ1) is 14.8. The molecule has 2 aromatic heterocycles. The Hall–Kier alpha value is -2.12. The van der Waals surface area contributed by atoms with Gasteiger partial charge in [0.25, 0.3) is 5.89 Å². The van der Waals surface area contributed by atoms with Gasteiger partial charge in [0.1, 0.15) is 11.3 Å². The van der Waals surface area contributed by atoms with Crippen molar-refractivity contribution in [2.24, 2.45) is 5.73 Å². The smallest absolute Gasteiger partial charge is 0.260 e. The minimum atomic E-state index is -0.517. The van der Waals surface area contributed by atoms with Gasteiger partial charge in [0.05, 0.1) is 16.6 Å². The maximum absolute atomic E-state index is 13.7. The van der Waals surface area contributed by atoms with Crippen LogP contribution in [-0.4, -0.2) is 20.1 Å². The summed E-state index contributed by atoms with van der Waals surface area (Å²) in [5, 5.41) is 3.94. The fraction of sp³-hybridized carbons (Fsp3) is 0.286. The van der Waals surface area contributed by atoms with E-state index >= 15 is 0 Å². The van der Waals surface area contributed by atoms with Crippen LogP contribution in [0.25, 0.3) is 22.5 Å². The highest BCUT2D eigenvalue weighted by Crippen LogP contribution is 2.38. The summed E-state index contributed by atoms with van der Waals surface area (Å²) in [5.74, 6) is 0.251. The molecule has 0 radical (unpaired) electrons. The Kier molecular flexibility index (Phi) is 3.54. The van der Waals surface area contributed by atoms with Crippen molar-refractivity contribution in [1.82, 2.24) is 20.1 Å². The minimum absolute atomic E-state index is 0. The van der Waals surface area contributed by atoms with E-state index < -0.39 is 11.4 Å². The molecular formula is C14H13ClFN5O. The van der Waals surface area contributed by atoms with E-state index in [-0.39, 0.29) is 18.3 Å². The molecule has 114 valence electrons. The Morgan fingerprint density at radius 3 is 2.68 bits per heavy atom. The standard InChI is InChI=1S/C14H12FN5O.ClH/c15-8-6-9(11-10(7-8)17-4-5-18-11)12-19-13(20-21-12)14(16)2-1-3-14;/h4-7H,1-3,16H2;1H. The molecule has 0 amide bonds. The number of fused-ring (bicyclic) bond motifs is 1. The van der Waals surface area contributed by atoms with Crippen LogP contribution in [0.1, 0.15) is 25.1 Å². The lowest BCUT2D eigenvalue weighted by Crippen LogP contribution is -2.44. The lowest BCUT2D eigenvalue weighted by molar-refractivity contribution is 0.229. The fourth-order valence-corrected chi connectivity index (χ4v) is 2.52. The first-order valence-corrected chi connectivity index (χ1v) is 6.69. The summed E-state index contributed by atoms with van der Waals surface area (Å²) in [6.07, 6.45) is 5.76. The van der Waals surface area contributed by atoms with E-state index in [1.165, 1.54) is 24.5 Å². The average Bonchev–Trinajstić information content (AvgIpc) is 2.93. The number of nitrogens with two attached hydrogens (primary N) is 1. The molecule has 1 aliphatic rings. The lowest BCUT2D eigenvalue weighted by Gasteiger charge is -2.34. The summed E-state index contributed by atoms with van der Waals surface area (Å²) in [6.45, 7) is 0. The molecule has 22 heavy (non-hydrogen) atoms. The predicted octanol–water partition coefficient (Wildman–Crippen LogP) is 2.58. The van der Waals surface area contributed by atoms with Crippen molar-refractivity contribution >= 4 is 23.4 Å². The summed E-state index contributed by atoms with van der Waals surface area (Å²) in [4.78, 5) is 12.6. The number of halogens is 2. The van der Waals surface area contributed by atoms with Crippen molar-refractivity contribution in [2.45, 2.75) is 24.8 Å². The van der Waals surface area contributed by atoms with E-state index in [0.717, 1.165) is 19.3 Å². The molecule has 0 unspecified atom stereocenters. The molecule has 4 rings (SSSR count). The van der Waals surface area contributed by atoms with E-state index in [1.54, 1.807) is 0 Å². The summed E-state index contributed by atoms with van der Waals surface area (Å²) >= 11 is 0. The van der Waals surface area contributed by atoms with Gasteiger partial charge in [-0.15, -0.1) is 12.4 Å². The Morgan fingerprint density at radius 1 is 1.18 bits per heavy atom. The Balaban J connectivity index is 0.00000144. The topological polar surface area (TPSA) is 90.7 Å². The molecule has 1 aromatic carbocycles. The summed E-state index contributed by atoms with van der Waals surface area (Å²) < 4.78 is 19.0. The fourth-order valence-electron chi connectivity index (χ4n) is 2.52. The van der Waals surface area contributed by atoms with E-state index in [4.69, 9.17) is 10.3 Å². The average molecular weight is 322 g/mol. The molecule has 0 spiro atoms. The maximum Gasteiger partial charge on any atom is 0.260 e. The molecule has 8 heteroatoms. The molecule has 2 heterocycles. The van der Waals surface area contributed by atoms with Crippen LogP contribution in [0, 0.1) is 5.82 Å². The van der Waals surface area contributed by atoms with Gasteiger partial charge < -0.3 is 10.3 Å². The molecule has 0 saturated heterocycles. The predicted molar refractivity (Wildman–Crippen MR) is 79.8 cm³/mol. The van der Waals surface area contributed by atoms with Crippen LogP contribution in [0.5, 0.6) is 0 Å². The second kappa shape index (κ2) is 5.26. The number of hydrogen-bond acceptors (Lipinski definition) is 6. The van der Waals surface area contributed by atoms with Crippen molar-refractivity contribution in [3.8, 4) is 11.5 Å². The molecule has 0 bridgehead atoms. The molecule has 3 aromatic rings. The second-order valence-corrected chi connectivity index (χ2v) is 5.31. The van der Waals surface area contributed by atoms with Crippen LogP contribution < -0.4 is 5.73 Å². The normalized spacial score (nSPS) is 16.1. The summed E-state index contributed by atoms with van der Waals surface area (Å²) in [7, 11) is 0. The molecule has 2 N–H and O–H groups in total. The summed E-state index contributed by atoms with van der Waals surface area (Å²) in [5.41, 5.74) is 7.05. The van der Waals surface area contributed by atoms with Crippen LogP contribution in [0.2, 0.25) is 0 Å². The van der Waals surface area contributed by atoms with E-state index in [9.17, 15) is 4.39 Å². The largest absolute Gasteiger partial charge is 0.334 e. The SMILES string of the molecule is Cl.NC1(c2noc(-c3cc(F)cc4nccnc34)n2)CCC1. The Labute approximate surface area is 131 Å². The number of nitrogens with zero attached hydrogens (tertiary/aromatic N) is 4. The van der Waals surface area contributed by atoms with Crippen LogP contribution in [0.3, 0.4) is 0 Å². The summed E-state index contributed by atoms with van der Waals surface area (Å²) in [6, 6.07) is 2.64. The number of hydrogen-bond donors (Lipinski definition) is 1. The third-order valence-corrected chi connectivity index (χ3v) is 3.89. The van der Waals surface area contributed by atoms with E-state index in [1.807, 2.05) is 0 Å². The molecule has 6 nitrogen and oxygen atoms in total. The third-order valence-electron chi connectivity index (χ3n) is 3.89. The van der Waals surface area contributed by atoms with Gasteiger partial charge in [-0.25, -0.2) is 4.39 Å². The zero-order valence-corrected chi connectivity index (χ0v) is 12.3. The van der Waals surface area contributed by atoms with E-state index in [0.29, 0.717) is 22.4 Å². The van der Waals surface area contributed by atoms with Gasteiger partial charge in [0, 0.05) is 18.5 Å². The number of rotatable bonds is 2. The van der Waals surface area contributed by atoms with Gasteiger partial charge in [-0.05, 0) is 25.3 Å². The van der Waals surface area contributed by atoms with Gasteiger partial charge in [-0.3, -0.25) is 9.97 Å². The van der Waals surface area contributed by atoms with Gasteiger partial charge in [0.15, 0.2) is 5.82 Å². The van der Waals surface area contributed by atoms with Gasteiger partial charge in [-0.1, -0.05) is 5.16 Å². The Morgan fingerprint density at radius 2 is 1.95 bits per heavy atom. The van der Waals surface area contributed by atoms with Gasteiger partial charge in [-0.2, -0.15) is 4.98 Å². The van der Waals surface area contributed by atoms with Crippen LogP contribution in [0.15, 0.2) is 29.0 Å². The van der Waals surface area contributed by atoms with Crippen molar-refractivity contribution in [1.29, 1.82) is 0 Å². The molecular weight excluding hydrogens is 309 g/mol. The molecule has 1 aliphatic carbocycles. The quantitative estimate of drug-likeness (QED) is 0.780. The van der Waals surface area contributed by atoms with E-state index in [2.05, 4.69) is 20.1 Å². The first-order chi connectivity index (χ1) is 10.2. The van der Waals surface area contributed by atoms with Gasteiger partial charge in [0.2, 0.25) is 0 Å². The number of benzene rings is 1. The highest BCUT2D eigenvalue weighted by Gasteiger charge is 2.39. The zero-order valence-electron chi connectivity index (χ0n) is 11.5. The minimum Gasteiger partial charge on any atom is -0.334 e. The zero-order chi connectivity index (χ0) is 14.4. The maximum atomic E-state index is 13.7. The Bertz CT molecular complexity index is 833. The van der Waals surface area contributed by atoms with Crippen LogP contribution >= 0.6 is 12.4 Å². The van der Waals surface area contributed by atoms with Gasteiger partial charge >= 0.3 is 0 Å². The number of aromatic nitrogens is 4. The van der Waals surface area contributed by atoms with Crippen LogP contribution in [-0.2, 0) is 5.54 Å². The highest BCUT2D eigenvalue weighted by atomic mass is 35.5. The molecule has 1 saturated carbocycles. The van der Waals surface area contributed by atoms with Crippen molar-refractivity contribution in [2.75, 3.05) is 0 Å². The van der Waals surface area contributed by atoms with Crippen molar-refractivity contribution < 1.29 is 8.91 Å². The molecule has 1 fully saturated rings. The molecule has 0 atom stereocenters. The third kappa shape index (κ3) is 2.22.